The molecular weight excluding hydrogens is 232 g/mol. The van der Waals surface area contributed by atoms with E-state index < -0.39 is 0 Å². The zero-order valence-corrected chi connectivity index (χ0v) is 11.6. The third-order valence-electron chi connectivity index (χ3n) is 3.36. The number of rotatable bonds is 4. The Labute approximate surface area is 107 Å². The second-order valence-electron chi connectivity index (χ2n) is 4.56. The Morgan fingerprint density at radius 2 is 2.18 bits per heavy atom. The van der Waals surface area contributed by atoms with E-state index >= 15 is 0 Å². The molecule has 2 heterocycles. The van der Waals surface area contributed by atoms with Crippen LogP contribution in [0.5, 0.6) is 0 Å². The molecule has 1 atom stereocenters. The van der Waals surface area contributed by atoms with Crippen molar-refractivity contribution in [3.05, 3.63) is 5.01 Å². The second-order valence-corrected chi connectivity index (χ2v) is 5.62. The van der Waals surface area contributed by atoms with Crippen molar-refractivity contribution in [3.63, 3.8) is 0 Å². The lowest BCUT2D eigenvalue weighted by molar-refractivity contribution is 0.300. The summed E-state index contributed by atoms with van der Waals surface area (Å²) in [5.74, 6) is 0. The van der Waals surface area contributed by atoms with Gasteiger partial charge >= 0.3 is 0 Å². The predicted molar refractivity (Wildman–Crippen MR) is 72.7 cm³/mol. The maximum atomic E-state index is 4.19. The SMILES string of the molecule is CCc1nnc(NC2CCCN(CC)CC2)s1. The van der Waals surface area contributed by atoms with Crippen molar-refractivity contribution in [3.8, 4) is 0 Å². The molecule has 0 spiro atoms. The average Bonchev–Trinajstić information content (AvgIpc) is 2.68. The lowest BCUT2D eigenvalue weighted by Gasteiger charge is -2.17. The number of nitrogens with zero attached hydrogens (tertiary/aromatic N) is 3. The molecule has 0 amide bonds. The van der Waals surface area contributed by atoms with Crippen LogP contribution in [0, 0.1) is 0 Å². The fourth-order valence-corrected chi connectivity index (χ4v) is 3.00. The maximum Gasteiger partial charge on any atom is 0.205 e. The first-order chi connectivity index (χ1) is 8.31. The molecule has 4 nitrogen and oxygen atoms in total. The molecule has 1 aliphatic heterocycles. The Hall–Kier alpha value is -0.680. The fourth-order valence-electron chi connectivity index (χ4n) is 2.25. The summed E-state index contributed by atoms with van der Waals surface area (Å²) < 4.78 is 0. The summed E-state index contributed by atoms with van der Waals surface area (Å²) in [5.41, 5.74) is 0. The van der Waals surface area contributed by atoms with Gasteiger partial charge in [-0.3, -0.25) is 0 Å². The van der Waals surface area contributed by atoms with E-state index in [9.17, 15) is 0 Å². The summed E-state index contributed by atoms with van der Waals surface area (Å²) in [4.78, 5) is 2.53. The molecule has 1 aromatic rings. The first-order valence-corrected chi connectivity index (χ1v) is 7.44. The van der Waals surface area contributed by atoms with Crippen LogP contribution < -0.4 is 5.32 Å². The molecule has 1 unspecified atom stereocenters. The molecular formula is C12H22N4S. The van der Waals surface area contributed by atoms with Gasteiger partial charge in [0.25, 0.3) is 0 Å². The maximum absolute atomic E-state index is 4.19. The van der Waals surface area contributed by atoms with Crippen molar-refractivity contribution < 1.29 is 0 Å². The van der Waals surface area contributed by atoms with Crippen molar-refractivity contribution in [2.75, 3.05) is 25.0 Å². The van der Waals surface area contributed by atoms with E-state index in [1.807, 2.05) is 0 Å². The van der Waals surface area contributed by atoms with E-state index in [2.05, 4.69) is 34.3 Å². The van der Waals surface area contributed by atoms with E-state index in [1.54, 1.807) is 11.3 Å². The minimum Gasteiger partial charge on any atom is -0.357 e. The van der Waals surface area contributed by atoms with Gasteiger partial charge < -0.3 is 10.2 Å². The summed E-state index contributed by atoms with van der Waals surface area (Å²) in [6.45, 7) is 7.98. The van der Waals surface area contributed by atoms with Crippen LogP contribution in [-0.2, 0) is 6.42 Å². The lowest BCUT2D eigenvalue weighted by atomic mass is 10.1. The molecule has 5 heteroatoms. The molecule has 0 bridgehead atoms. The summed E-state index contributed by atoms with van der Waals surface area (Å²) in [5, 5.41) is 14.0. The van der Waals surface area contributed by atoms with Crippen molar-refractivity contribution in [1.82, 2.24) is 15.1 Å². The van der Waals surface area contributed by atoms with Gasteiger partial charge in [-0.15, -0.1) is 10.2 Å². The quantitative estimate of drug-likeness (QED) is 0.895. The highest BCUT2D eigenvalue weighted by molar-refractivity contribution is 7.15. The Bertz CT molecular complexity index is 339. The third-order valence-corrected chi connectivity index (χ3v) is 4.36. The molecule has 0 aromatic carbocycles. The summed E-state index contributed by atoms with van der Waals surface area (Å²) in [6, 6.07) is 0.573. The van der Waals surface area contributed by atoms with Crippen LogP contribution in [0.4, 0.5) is 5.13 Å². The van der Waals surface area contributed by atoms with Crippen LogP contribution in [0.2, 0.25) is 0 Å². The average molecular weight is 254 g/mol. The van der Waals surface area contributed by atoms with Crippen LogP contribution in [-0.4, -0.2) is 40.8 Å². The van der Waals surface area contributed by atoms with Gasteiger partial charge in [-0.2, -0.15) is 0 Å². The molecule has 1 aliphatic rings. The number of likely N-dealkylation sites (tertiary alicyclic amines) is 1. The second kappa shape index (κ2) is 6.31. The Morgan fingerprint density at radius 3 is 2.88 bits per heavy atom. The summed E-state index contributed by atoms with van der Waals surface area (Å²) in [7, 11) is 0. The van der Waals surface area contributed by atoms with E-state index in [1.165, 1.54) is 38.9 Å². The van der Waals surface area contributed by atoms with E-state index in [0.717, 1.165) is 16.6 Å². The van der Waals surface area contributed by atoms with Crippen LogP contribution in [0.15, 0.2) is 0 Å². The Kier molecular flexibility index (Phi) is 4.74. The van der Waals surface area contributed by atoms with Gasteiger partial charge in [-0.05, 0) is 38.8 Å². The topological polar surface area (TPSA) is 41.1 Å². The predicted octanol–water partition coefficient (Wildman–Crippen LogP) is 2.39. The van der Waals surface area contributed by atoms with Gasteiger partial charge in [-0.1, -0.05) is 25.2 Å². The highest BCUT2D eigenvalue weighted by atomic mass is 32.1. The molecule has 1 N–H and O–H groups in total. The van der Waals surface area contributed by atoms with Crippen molar-refractivity contribution >= 4 is 16.5 Å². The van der Waals surface area contributed by atoms with E-state index in [-0.39, 0.29) is 0 Å². The lowest BCUT2D eigenvalue weighted by Crippen LogP contribution is -2.26. The molecule has 96 valence electrons. The van der Waals surface area contributed by atoms with Crippen molar-refractivity contribution in [2.45, 2.75) is 45.6 Å². The van der Waals surface area contributed by atoms with Gasteiger partial charge in [0.2, 0.25) is 5.13 Å². The minimum absolute atomic E-state index is 0.573. The van der Waals surface area contributed by atoms with Crippen molar-refractivity contribution in [2.24, 2.45) is 0 Å². The highest BCUT2D eigenvalue weighted by Gasteiger charge is 2.16. The number of hydrogen-bond acceptors (Lipinski definition) is 5. The molecule has 1 aromatic heterocycles. The van der Waals surface area contributed by atoms with Crippen LogP contribution in [0.1, 0.15) is 38.1 Å². The van der Waals surface area contributed by atoms with Crippen LogP contribution in [0.3, 0.4) is 0 Å². The third kappa shape index (κ3) is 3.64. The Balaban J connectivity index is 1.86. The molecule has 17 heavy (non-hydrogen) atoms. The molecule has 0 saturated carbocycles. The number of aryl methyl sites for hydroxylation is 1. The number of hydrogen-bond donors (Lipinski definition) is 1. The molecule has 2 rings (SSSR count). The largest absolute Gasteiger partial charge is 0.357 e. The summed E-state index contributed by atoms with van der Waals surface area (Å²) in [6.07, 6.45) is 4.73. The molecule has 1 fully saturated rings. The van der Waals surface area contributed by atoms with Gasteiger partial charge in [-0.25, -0.2) is 0 Å². The standard InChI is InChI=1S/C12H22N4S/c1-3-11-14-15-12(17-11)13-10-6-5-8-16(4-2)9-7-10/h10H,3-9H2,1-2H3,(H,13,15). The van der Waals surface area contributed by atoms with Gasteiger partial charge in [0, 0.05) is 12.6 Å². The zero-order valence-electron chi connectivity index (χ0n) is 10.8. The fraction of sp³-hybridized carbons (Fsp3) is 0.833. The summed E-state index contributed by atoms with van der Waals surface area (Å²) >= 11 is 1.69. The normalized spacial score (nSPS) is 22.4. The van der Waals surface area contributed by atoms with Gasteiger partial charge in [0.15, 0.2) is 0 Å². The number of anilines is 1. The van der Waals surface area contributed by atoms with Gasteiger partial charge in [0.05, 0.1) is 0 Å². The molecule has 1 saturated heterocycles. The monoisotopic (exact) mass is 254 g/mol. The number of nitrogens with one attached hydrogen (secondary N) is 1. The van der Waals surface area contributed by atoms with Crippen LogP contribution in [0.25, 0.3) is 0 Å². The van der Waals surface area contributed by atoms with Gasteiger partial charge in [0.1, 0.15) is 5.01 Å². The van der Waals surface area contributed by atoms with E-state index in [4.69, 9.17) is 0 Å². The van der Waals surface area contributed by atoms with Crippen LogP contribution >= 0.6 is 11.3 Å². The minimum atomic E-state index is 0.573. The van der Waals surface area contributed by atoms with E-state index in [0.29, 0.717) is 6.04 Å². The number of aromatic nitrogens is 2. The molecule has 0 aliphatic carbocycles. The van der Waals surface area contributed by atoms with Crippen molar-refractivity contribution in [1.29, 1.82) is 0 Å². The highest BCUT2D eigenvalue weighted by Crippen LogP contribution is 2.20. The Morgan fingerprint density at radius 1 is 1.29 bits per heavy atom. The molecule has 0 radical (unpaired) electrons. The zero-order chi connectivity index (χ0) is 12.1. The first-order valence-electron chi connectivity index (χ1n) is 6.63. The smallest absolute Gasteiger partial charge is 0.205 e. The first kappa shape index (κ1) is 12.8.